The number of rotatable bonds is 47. The summed E-state index contributed by atoms with van der Waals surface area (Å²) in [4.78, 5) is 198. The highest BCUT2D eigenvalue weighted by molar-refractivity contribution is 8.13. The summed E-state index contributed by atoms with van der Waals surface area (Å²) in [6.45, 7) is 7.76. The number of carbonyl (C=O) groups excluding carboxylic acids is 14. The van der Waals surface area contributed by atoms with E-state index in [1.165, 1.54) is 0 Å². The molecule has 0 aliphatic carbocycles. The number of unbranched alkanes of at least 4 members (excludes halogenated alkanes) is 2. The second kappa shape index (κ2) is 45.6. The van der Waals surface area contributed by atoms with Gasteiger partial charge in [0.25, 0.3) is 11.1 Å². The molecule has 0 spiro atoms. The van der Waals surface area contributed by atoms with Crippen LogP contribution in [0.25, 0.3) is 32.6 Å². The van der Waals surface area contributed by atoms with E-state index < -0.39 is 173 Å². The fourth-order valence-corrected chi connectivity index (χ4v) is 13.3. The van der Waals surface area contributed by atoms with Gasteiger partial charge >= 0.3 is 6.03 Å². The van der Waals surface area contributed by atoms with Crippen LogP contribution in [0.3, 0.4) is 0 Å². The first-order valence-electron chi connectivity index (χ1n) is 37.7. The second-order valence-corrected chi connectivity index (χ2v) is 29.1. The summed E-state index contributed by atoms with van der Waals surface area (Å²) >= 11 is 0.465. The van der Waals surface area contributed by atoms with Crippen molar-refractivity contribution < 1.29 is 72.2 Å². The fraction of sp³-hybridized carbons (Fsp3) is 0.468. The maximum Gasteiger partial charge on any atom is 0.322 e. The first-order valence-corrected chi connectivity index (χ1v) is 38.7. The predicted octanol–water partition coefficient (Wildman–Crippen LogP) is 0.475. The lowest BCUT2D eigenvalue weighted by Crippen LogP contribution is -2.60. The Labute approximate surface area is 658 Å². The standard InChI is InChI=1S/C77H108N20O15S/c1-6-8-24-55(88-66(102)43(5)32-48-38-85-52-25-13-11-22-50(48)52)68(104)87-37-47(21-15-16-30-78)67(103)91-59(35-49-39-86-53-26-14-12-23-51(49)53)72(108)96-63(42(3)4)74(110)93-61(65(81)101)41-113-77(112)95-58(34-44-28-29-45-19-9-10-20-46(45)33-44)71(107)89-54(18-7-2)69(105)92-60(40-98)73(109)97-76(111)94-56(27-17-31-84-75(82)83)70(106)90-57(64(80)100)36-62(79)99/h9-14,19-20,22-23,25-26,28-29,33,38-39,42-43,47,54-61,63,85-86,98H,6-8,15-18,21,24,27,30-32,34-37,40-41,78H2,1-5H3,(H2,79,99)(H2,80,100)(H2,81,101)(H,87,104)(H,88,102)(H,89,107)(H,90,106)(H,91,103)(H,92,105)(H,93,110)(H,95,112)(H,96,108)(H4,82,83,84)(H2,94,97,109,111)/t43-,47+,54-,55+,56-,57-,58-,59-,60-,61-,63-/m0/s1. The molecule has 2 aromatic heterocycles. The summed E-state index contributed by atoms with van der Waals surface area (Å²) in [5, 5.41) is 50.7. The molecular formula is C77H108N20O15S. The van der Waals surface area contributed by atoms with Crippen LogP contribution in [0.5, 0.6) is 0 Å². The zero-order chi connectivity index (χ0) is 82.8. The minimum absolute atomic E-state index is 0.0334. The number of aliphatic hydroxyl groups excluding tert-OH is 1. The molecule has 0 saturated carbocycles. The van der Waals surface area contributed by atoms with Gasteiger partial charge < -0.3 is 102 Å². The number of nitrogens with two attached hydrogens (primary N) is 5. The quantitative estimate of drug-likeness (QED) is 0.0140. The van der Waals surface area contributed by atoms with Crippen molar-refractivity contribution >= 4 is 132 Å². The number of urea groups is 1. The number of nitrogens with one attached hydrogen (secondary N) is 15. The average molecular weight is 1590 g/mol. The number of thioether (sulfide) groups is 1. The molecule has 15 amide bonds. The summed E-state index contributed by atoms with van der Waals surface area (Å²) < 4.78 is 0. The summed E-state index contributed by atoms with van der Waals surface area (Å²) in [5.41, 5.74) is 31.5. The lowest BCUT2D eigenvalue weighted by atomic mass is 9.97. The Kier molecular flexibility index (Phi) is 36.4. The van der Waals surface area contributed by atoms with Crippen molar-refractivity contribution in [3.05, 3.63) is 120 Å². The molecule has 4 aromatic carbocycles. The molecule has 6 rings (SSSR count). The van der Waals surface area contributed by atoms with Crippen LogP contribution < -0.4 is 92.5 Å². The van der Waals surface area contributed by atoms with Gasteiger partial charge in [0.05, 0.1) is 18.9 Å². The number of benzene rings is 4. The number of para-hydroxylation sites is 2. The fourth-order valence-electron chi connectivity index (χ4n) is 12.5. The molecule has 612 valence electrons. The van der Waals surface area contributed by atoms with Crippen molar-refractivity contribution in [2.24, 2.45) is 46.4 Å². The minimum Gasteiger partial charge on any atom is -0.394 e. The first kappa shape index (κ1) is 90.2. The number of guanidine groups is 1. The van der Waals surface area contributed by atoms with Crippen LogP contribution in [0.4, 0.5) is 9.59 Å². The summed E-state index contributed by atoms with van der Waals surface area (Å²) in [7, 11) is 0. The number of amides is 15. The second-order valence-electron chi connectivity index (χ2n) is 28.1. The largest absolute Gasteiger partial charge is 0.394 e. The van der Waals surface area contributed by atoms with E-state index in [1.54, 1.807) is 58.2 Å². The van der Waals surface area contributed by atoms with E-state index in [2.05, 4.69) is 68.5 Å². The molecule has 0 bridgehead atoms. The van der Waals surface area contributed by atoms with Gasteiger partial charge in [-0.15, -0.1) is 0 Å². The van der Waals surface area contributed by atoms with Crippen molar-refractivity contribution in [2.45, 2.75) is 179 Å². The number of H-pyrrole nitrogens is 2. The molecule has 2 heterocycles. The molecular weight excluding hydrogens is 1480 g/mol. The molecule has 11 atom stereocenters. The first-order chi connectivity index (χ1) is 53.9. The lowest BCUT2D eigenvalue weighted by molar-refractivity contribution is -0.135. The maximum absolute atomic E-state index is 14.9. The van der Waals surface area contributed by atoms with Crippen LogP contribution in [-0.2, 0) is 76.8 Å². The SMILES string of the molecule is CCCC[C@@H](NC(=O)[C@@H](C)Cc1c[nH]c2ccccc12)C(=O)NC[C@@H](CCCCN)C(=O)N[C@@H](Cc1c[nH]c2ccccc12)C(=O)N[C@H](C(=O)N[C@@H](CSC(=O)N[C@@H](Cc1ccc2ccccc2c1)C(=O)N[C@@H](CCC)C(=O)N[C@@H](CO)C(=O)NC(=O)N[C@@H](CCCNC(=N)N)C(=O)N[C@@H](CC(N)=O)C(N)=O)C(N)=O)C(C)C. The number of hydrogen-bond acceptors (Lipinski definition) is 18. The van der Waals surface area contributed by atoms with Gasteiger partial charge in [-0.2, -0.15) is 0 Å². The van der Waals surface area contributed by atoms with Crippen LogP contribution in [0.15, 0.2) is 103 Å². The molecule has 0 radical (unpaired) electrons. The molecule has 35 nitrogen and oxygen atoms in total. The Hall–Kier alpha value is -11.7. The highest BCUT2D eigenvalue weighted by Crippen LogP contribution is 2.24. The molecule has 26 N–H and O–H groups in total. The van der Waals surface area contributed by atoms with Gasteiger partial charge in [-0.3, -0.25) is 73.1 Å². The Morgan fingerprint density at radius 3 is 1.63 bits per heavy atom. The molecule has 113 heavy (non-hydrogen) atoms. The number of hydrogen-bond donors (Lipinski definition) is 21. The normalized spacial score (nSPS) is 14.2. The van der Waals surface area contributed by atoms with E-state index >= 15 is 0 Å². The third-order valence-electron chi connectivity index (χ3n) is 18.8. The smallest absolute Gasteiger partial charge is 0.322 e. The van der Waals surface area contributed by atoms with E-state index in [1.807, 2.05) is 85.2 Å². The minimum atomic E-state index is -1.86. The molecule has 0 unspecified atom stereocenters. The number of aromatic nitrogens is 2. The van der Waals surface area contributed by atoms with Gasteiger partial charge in [0, 0.05) is 71.8 Å². The van der Waals surface area contributed by atoms with Gasteiger partial charge in [-0.05, 0) is 97.0 Å². The van der Waals surface area contributed by atoms with Crippen molar-refractivity contribution in [3.8, 4) is 0 Å². The van der Waals surface area contributed by atoms with Crippen LogP contribution in [-0.4, -0.2) is 190 Å². The third-order valence-corrected chi connectivity index (χ3v) is 19.7. The molecule has 0 saturated heterocycles. The highest BCUT2D eigenvalue weighted by atomic mass is 32.2. The van der Waals surface area contributed by atoms with E-state index in [0.717, 1.165) is 44.6 Å². The number of aliphatic hydroxyl groups is 1. The Morgan fingerprint density at radius 2 is 1.03 bits per heavy atom. The van der Waals surface area contributed by atoms with E-state index in [4.69, 9.17) is 34.1 Å². The molecule has 0 fully saturated rings. The molecule has 0 aliphatic rings. The molecule has 6 aromatic rings. The monoisotopic (exact) mass is 1580 g/mol. The van der Waals surface area contributed by atoms with Crippen LogP contribution in [0.1, 0.15) is 122 Å². The van der Waals surface area contributed by atoms with Crippen molar-refractivity contribution in [2.75, 3.05) is 32.0 Å². The van der Waals surface area contributed by atoms with E-state index in [0.29, 0.717) is 61.5 Å². The summed E-state index contributed by atoms with van der Waals surface area (Å²) in [5.74, 6) is -13.6. The molecule has 0 aliphatic heterocycles. The van der Waals surface area contributed by atoms with Crippen molar-refractivity contribution in [1.82, 2.24) is 73.8 Å². The van der Waals surface area contributed by atoms with E-state index in [9.17, 15) is 72.2 Å². The zero-order valence-electron chi connectivity index (χ0n) is 64.1. The highest BCUT2D eigenvalue weighted by Gasteiger charge is 2.36. The predicted molar refractivity (Wildman–Crippen MR) is 427 cm³/mol. The average Bonchev–Trinajstić information content (AvgIpc) is 1.67. The zero-order valence-corrected chi connectivity index (χ0v) is 65.0. The van der Waals surface area contributed by atoms with Crippen LogP contribution >= 0.6 is 11.8 Å². The maximum atomic E-state index is 14.9. The third kappa shape index (κ3) is 28.9. The number of imide groups is 1. The summed E-state index contributed by atoms with van der Waals surface area (Å²) in [6, 6.07) is 13.2. The number of carbonyl (C=O) groups is 14. The van der Waals surface area contributed by atoms with Crippen LogP contribution in [0, 0.1) is 23.2 Å². The van der Waals surface area contributed by atoms with Gasteiger partial charge in [0.15, 0.2) is 5.96 Å². The van der Waals surface area contributed by atoms with Crippen molar-refractivity contribution in [3.63, 3.8) is 0 Å². The number of fused-ring (bicyclic) bond motifs is 3. The number of primary amides is 3. The summed E-state index contributed by atoms with van der Waals surface area (Å²) in [6.07, 6.45) is 6.01. The Balaban J connectivity index is 1.15. The van der Waals surface area contributed by atoms with Gasteiger partial charge in [-0.1, -0.05) is 151 Å². The van der Waals surface area contributed by atoms with Crippen molar-refractivity contribution in [1.29, 1.82) is 5.41 Å². The van der Waals surface area contributed by atoms with E-state index in [-0.39, 0.29) is 63.9 Å². The van der Waals surface area contributed by atoms with Gasteiger partial charge in [-0.25, -0.2) is 4.79 Å². The van der Waals surface area contributed by atoms with Gasteiger partial charge in [0.1, 0.15) is 54.4 Å². The Morgan fingerprint density at radius 1 is 0.487 bits per heavy atom. The Bertz CT molecular complexity index is 4320. The lowest BCUT2D eigenvalue weighted by Gasteiger charge is -2.28. The van der Waals surface area contributed by atoms with Gasteiger partial charge in [0.2, 0.25) is 65.0 Å². The topological polar surface area (TPSA) is 589 Å². The molecule has 36 heteroatoms. The number of aromatic amines is 2. The van der Waals surface area contributed by atoms with Crippen LogP contribution in [0.2, 0.25) is 0 Å².